The van der Waals surface area contributed by atoms with Crippen LogP contribution in [0.1, 0.15) is 41.6 Å². The number of methoxy groups -OCH3 is 1. The van der Waals surface area contributed by atoms with E-state index in [1.165, 1.54) is 18.7 Å². The van der Waals surface area contributed by atoms with E-state index in [9.17, 15) is 13.6 Å². The van der Waals surface area contributed by atoms with E-state index < -0.39 is 11.6 Å². The van der Waals surface area contributed by atoms with E-state index in [2.05, 4.69) is 17.0 Å². The van der Waals surface area contributed by atoms with Gasteiger partial charge in [0.25, 0.3) is 0 Å². The van der Waals surface area contributed by atoms with E-state index in [1.54, 1.807) is 0 Å². The molecule has 2 saturated heterocycles. The largest absolute Gasteiger partial charge is 0.494 e. The van der Waals surface area contributed by atoms with Crippen molar-refractivity contribution < 1.29 is 18.3 Å². The maximum Gasteiger partial charge on any atom is 0.200 e. The Balaban J connectivity index is 1.50. The first kappa shape index (κ1) is 18.1. The van der Waals surface area contributed by atoms with E-state index in [1.807, 2.05) is 18.2 Å². The summed E-state index contributed by atoms with van der Waals surface area (Å²) in [6.45, 7) is 0.899. The molecule has 4 rings (SSSR count). The van der Waals surface area contributed by atoms with E-state index >= 15 is 0 Å². The van der Waals surface area contributed by atoms with Gasteiger partial charge in [-0.05, 0) is 43.4 Å². The van der Waals surface area contributed by atoms with Gasteiger partial charge in [-0.25, -0.2) is 4.39 Å². The van der Waals surface area contributed by atoms with E-state index in [0.29, 0.717) is 12.1 Å². The van der Waals surface area contributed by atoms with Gasteiger partial charge in [0.05, 0.1) is 7.11 Å². The lowest BCUT2D eigenvalue weighted by atomic mass is 9.84. The first-order chi connectivity index (χ1) is 13.1. The molecule has 0 aromatic heterocycles. The first-order valence-electron chi connectivity index (χ1n) is 9.43. The van der Waals surface area contributed by atoms with Crippen molar-refractivity contribution in [2.45, 2.75) is 44.3 Å². The Morgan fingerprint density at radius 1 is 1.11 bits per heavy atom. The topological polar surface area (TPSA) is 29.5 Å². The molecule has 0 aliphatic carbocycles. The lowest BCUT2D eigenvalue weighted by Gasteiger charge is -2.38. The SMILES string of the molecule is COc1cc(C(=O)C2CC3CCC(C2)N3Cc2ccccc2)cc(F)c1F. The second-order valence-electron chi connectivity index (χ2n) is 7.55. The third-order valence-electron chi connectivity index (χ3n) is 5.96. The van der Waals surface area contributed by atoms with Crippen LogP contribution in [0.3, 0.4) is 0 Å². The van der Waals surface area contributed by atoms with Crippen LogP contribution in [-0.2, 0) is 6.54 Å². The van der Waals surface area contributed by atoms with Crippen molar-refractivity contribution in [1.82, 2.24) is 4.90 Å². The molecule has 2 aliphatic rings. The van der Waals surface area contributed by atoms with Crippen molar-refractivity contribution in [2.24, 2.45) is 5.92 Å². The fourth-order valence-electron chi connectivity index (χ4n) is 4.63. The number of hydrogen-bond donors (Lipinski definition) is 0. The minimum Gasteiger partial charge on any atom is -0.494 e. The number of nitrogens with zero attached hydrogens (tertiary/aromatic N) is 1. The van der Waals surface area contributed by atoms with E-state index in [-0.39, 0.29) is 23.0 Å². The molecule has 2 unspecified atom stereocenters. The number of piperidine rings is 1. The van der Waals surface area contributed by atoms with Gasteiger partial charge in [0.1, 0.15) is 0 Å². The number of ether oxygens (including phenoxy) is 1. The average molecular weight is 371 g/mol. The van der Waals surface area contributed by atoms with Gasteiger partial charge in [-0.3, -0.25) is 9.69 Å². The number of rotatable bonds is 5. The number of hydrogen-bond acceptors (Lipinski definition) is 3. The maximum atomic E-state index is 13.8. The zero-order valence-electron chi connectivity index (χ0n) is 15.3. The maximum absolute atomic E-state index is 13.8. The highest BCUT2D eigenvalue weighted by atomic mass is 19.2. The molecule has 2 fully saturated rings. The highest BCUT2D eigenvalue weighted by Crippen LogP contribution is 2.41. The van der Waals surface area contributed by atoms with Crippen molar-refractivity contribution in [2.75, 3.05) is 7.11 Å². The number of Topliss-reactive ketones (excluding diaryl/α,β-unsaturated/α-hetero) is 1. The number of ketones is 1. The Kier molecular flexibility index (Phi) is 4.96. The Labute approximate surface area is 157 Å². The second-order valence-corrected chi connectivity index (χ2v) is 7.55. The van der Waals surface area contributed by atoms with Crippen LogP contribution in [0, 0.1) is 17.6 Å². The number of halogens is 2. The Bertz CT molecular complexity index is 826. The number of benzene rings is 2. The molecule has 5 heteroatoms. The smallest absolute Gasteiger partial charge is 0.200 e. The summed E-state index contributed by atoms with van der Waals surface area (Å²) in [5, 5.41) is 0. The fraction of sp³-hybridized carbons (Fsp3) is 0.409. The molecule has 2 aliphatic heterocycles. The zero-order chi connectivity index (χ0) is 19.0. The number of carbonyl (C=O) groups excluding carboxylic acids is 1. The summed E-state index contributed by atoms with van der Waals surface area (Å²) < 4.78 is 32.3. The quantitative estimate of drug-likeness (QED) is 0.720. The predicted molar refractivity (Wildman–Crippen MR) is 98.8 cm³/mol. The molecule has 2 heterocycles. The minimum atomic E-state index is -1.05. The van der Waals surface area contributed by atoms with Crippen LogP contribution in [0.15, 0.2) is 42.5 Å². The highest BCUT2D eigenvalue weighted by Gasteiger charge is 2.42. The monoisotopic (exact) mass is 371 g/mol. The average Bonchev–Trinajstić information content (AvgIpc) is 2.91. The first-order valence-corrected chi connectivity index (χ1v) is 9.43. The molecular formula is C22H23F2NO2. The molecule has 27 heavy (non-hydrogen) atoms. The van der Waals surface area contributed by atoms with Crippen LogP contribution >= 0.6 is 0 Å². The molecule has 0 saturated carbocycles. The standard InChI is InChI=1S/C22H23F2NO2/c1-27-20-12-16(11-19(23)21(20)24)22(26)15-9-17-7-8-18(10-15)25(17)13-14-5-3-2-4-6-14/h2-6,11-12,15,17-18H,7-10,13H2,1H3. The third kappa shape index (κ3) is 3.48. The molecule has 3 nitrogen and oxygen atoms in total. The molecule has 0 amide bonds. The van der Waals surface area contributed by atoms with Crippen LogP contribution < -0.4 is 4.74 Å². The molecule has 2 bridgehead atoms. The molecule has 0 radical (unpaired) electrons. The fourth-order valence-corrected chi connectivity index (χ4v) is 4.63. The summed E-state index contributed by atoms with van der Waals surface area (Å²) in [5.41, 5.74) is 1.48. The van der Waals surface area contributed by atoms with Crippen molar-refractivity contribution in [1.29, 1.82) is 0 Å². The van der Waals surface area contributed by atoms with Crippen molar-refractivity contribution in [3.8, 4) is 5.75 Å². The van der Waals surface area contributed by atoms with Gasteiger partial charge in [-0.15, -0.1) is 0 Å². The Morgan fingerprint density at radius 2 is 1.78 bits per heavy atom. The van der Waals surface area contributed by atoms with Crippen LogP contribution in [0.5, 0.6) is 5.75 Å². The van der Waals surface area contributed by atoms with Crippen LogP contribution in [-0.4, -0.2) is 29.9 Å². The third-order valence-corrected chi connectivity index (χ3v) is 5.96. The predicted octanol–water partition coefficient (Wildman–Crippen LogP) is 4.60. The second kappa shape index (κ2) is 7.39. The summed E-state index contributed by atoms with van der Waals surface area (Å²) in [6, 6.07) is 13.4. The minimum absolute atomic E-state index is 0.108. The van der Waals surface area contributed by atoms with Crippen LogP contribution in [0.25, 0.3) is 0 Å². The van der Waals surface area contributed by atoms with Gasteiger partial charge < -0.3 is 4.74 Å². The van der Waals surface area contributed by atoms with Gasteiger partial charge in [0.15, 0.2) is 17.3 Å². The molecule has 2 aromatic carbocycles. The molecule has 2 aromatic rings. The molecule has 0 N–H and O–H groups in total. The Morgan fingerprint density at radius 3 is 2.41 bits per heavy atom. The van der Waals surface area contributed by atoms with Gasteiger partial charge in [0.2, 0.25) is 5.82 Å². The normalized spacial score (nSPS) is 24.8. The van der Waals surface area contributed by atoms with Crippen LogP contribution in [0.4, 0.5) is 8.78 Å². The number of carbonyl (C=O) groups is 1. The van der Waals surface area contributed by atoms with E-state index in [4.69, 9.17) is 4.74 Å². The molecular weight excluding hydrogens is 348 g/mol. The highest BCUT2D eigenvalue weighted by molar-refractivity contribution is 5.98. The van der Waals surface area contributed by atoms with E-state index in [0.717, 1.165) is 38.3 Å². The molecule has 2 atom stereocenters. The summed E-state index contributed by atoms with van der Waals surface area (Å²) in [6.07, 6.45) is 3.71. The van der Waals surface area contributed by atoms with Crippen LogP contribution in [0.2, 0.25) is 0 Å². The van der Waals surface area contributed by atoms with Gasteiger partial charge in [-0.1, -0.05) is 30.3 Å². The van der Waals surface area contributed by atoms with Gasteiger partial charge >= 0.3 is 0 Å². The summed E-state index contributed by atoms with van der Waals surface area (Å²) >= 11 is 0. The van der Waals surface area contributed by atoms with Crippen molar-refractivity contribution in [3.05, 3.63) is 65.2 Å². The van der Waals surface area contributed by atoms with Crippen molar-refractivity contribution in [3.63, 3.8) is 0 Å². The summed E-state index contributed by atoms with van der Waals surface area (Å²) in [5.74, 6) is -2.57. The van der Waals surface area contributed by atoms with Gasteiger partial charge in [0, 0.05) is 30.1 Å². The zero-order valence-corrected chi connectivity index (χ0v) is 15.3. The Hall–Kier alpha value is -2.27. The lowest BCUT2D eigenvalue weighted by Crippen LogP contribution is -2.44. The molecule has 0 spiro atoms. The number of fused-ring (bicyclic) bond motifs is 2. The lowest BCUT2D eigenvalue weighted by molar-refractivity contribution is 0.0677. The van der Waals surface area contributed by atoms with Crippen molar-refractivity contribution >= 4 is 5.78 Å². The summed E-state index contributed by atoms with van der Waals surface area (Å²) in [7, 11) is 1.27. The summed E-state index contributed by atoms with van der Waals surface area (Å²) in [4.78, 5) is 15.5. The van der Waals surface area contributed by atoms with Gasteiger partial charge in [-0.2, -0.15) is 4.39 Å². The molecule has 142 valence electrons.